The fourth-order valence-electron chi connectivity index (χ4n) is 4.38. The van der Waals surface area contributed by atoms with E-state index in [1.54, 1.807) is 0 Å². The molecule has 2 aromatic rings. The van der Waals surface area contributed by atoms with Crippen molar-refractivity contribution in [1.29, 1.82) is 0 Å². The van der Waals surface area contributed by atoms with Gasteiger partial charge in [0, 0.05) is 40.2 Å². The van der Waals surface area contributed by atoms with Gasteiger partial charge in [-0.1, -0.05) is 46.3 Å². The lowest BCUT2D eigenvalue weighted by Crippen LogP contribution is -2.16. The minimum Gasteiger partial charge on any atom is -0.322 e. The average Bonchev–Trinajstić information content (AvgIpc) is 3.33. The van der Waals surface area contributed by atoms with Crippen molar-refractivity contribution in [1.82, 2.24) is 9.78 Å². The number of alkyl halides is 3. The lowest BCUT2D eigenvalue weighted by molar-refractivity contribution is 0.101. The standard InChI is InChI=1S/C19H17ClF2IN3O/c1-26-8-12(17(25-26)18(21)22)19(27)24-14-4-2-3-9-10-5-6-11(16(9)14)15(10)13(20)7-23/h2-4,8,10-11,18H,5-7H2,1H3,(H,24,27)/b15-13-. The van der Waals surface area contributed by atoms with Gasteiger partial charge in [0.15, 0.2) is 0 Å². The highest BCUT2D eigenvalue weighted by Crippen LogP contribution is 2.60. The summed E-state index contributed by atoms with van der Waals surface area (Å²) in [7, 11) is 1.52. The number of hydrogen-bond acceptors (Lipinski definition) is 2. The van der Waals surface area contributed by atoms with Crippen LogP contribution in [0.2, 0.25) is 0 Å². The second kappa shape index (κ2) is 7.16. The third kappa shape index (κ3) is 3.08. The molecule has 8 heteroatoms. The van der Waals surface area contributed by atoms with Crippen LogP contribution in [-0.2, 0) is 7.05 Å². The van der Waals surface area contributed by atoms with Crippen LogP contribution in [0.3, 0.4) is 0 Å². The van der Waals surface area contributed by atoms with Gasteiger partial charge < -0.3 is 5.32 Å². The van der Waals surface area contributed by atoms with Crippen LogP contribution in [0.1, 0.15) is 58.3 Å². The zero-order valence-electron chi connectivity index (χ0n) is 14.5. The molecule has 0 spiro atoms. The number of benzene rings is 1. The Balaban J connectivity index is 1.71. The van der Waals surface area contributed by atoms with Gasteiger partial charge in [-0.25, -0.2) is 8.78 Å². The van der Waals surface area contributed by atoms with E-state index in [9.17, 15) is 13.6 Å². The molecule has 1 aromatic carbocycles. The first-order valence-corrected chi connectivity index (χ1v) is 10.5. The number of fused-ring (bicyclic) bond motifs is 5. The molecule has 1 saturated carbocycles. The summed E-state index contributed by atoms with van der Waals surface area (Å²) in [6.45, 7) is 0. The summed E-state index contributed by atoms with van der Waals surface area (Å²) in [4.78, 5) is 12.7. The number of nitrogens with one attached hydrogen (secondary N) is 1. The second-order valence-electron chi connectivity index (χ2n) is 6.84. The van der Waals surface area contributed by atoms with Gasteiger partial charge in [-0.15, -0.1) is 0 Å². The molecule has 0 radical (unpaired) electrons. The third-order valence-electron chi connectivity index (χ3n) is 5.35. The highest BCUT2D eigenvalue weighted by atomic mass is 127. The monoisotopic (exact) mass is 503 g/mol. The van der Waals surface area contributed by atoms with E-state index in [4.69, 9.17) is 11.6 Å². The predicted molar refractivity (Wildman–Crippen MR) is 109 cm³/mol. The molecule has 1 amide bonds. The Labute approximate surface area is 174 Å². The van der Waals surface area contributed by atoms with Crippen molar-refractivity contribution >= 4 is 45.8 Å². The molecule has 2 unspecified atom stereocenters. The Morgan fingerprint density at radius 3 is 2.85 bits per heavy atom. The van der Waals surface area contributed by atoms with Gasteiger partial charge in [0.25, 0.3) is 12.3 Å². The molecule has 1 N–H and O–H groups in total. The Morgan fingerprint density at radius 2 is 2.15 bits per heavy atom. The maximum absolute atomic E-state index is 13.2. The molecule has 27 heavy (non-hydrogen) atoms. The number of anilines is 1. The van der Waals surface area contributed by atoms with Crippen molar-refractivity contribution < 1.29 is 13.6 Å². The summed E-state index contributed by atoms with van der Waals surface area (Å²) in [5, 5.41) is 7.42. The van der Waals surface area contributed by atoms with E-state index in [-0.39, 0.29) is 11.5 Å². The number of allylic oxidation sites excluding steroid dienone is 2. The molecule has 1 heterocycles. The van der Waals surface area contributed by atoms with Crippen molar-refractivity contribution in [2.45, 2.75) is 31.1 Å². The fraction of sp³-hybridized carbons (Fsp3) is 0.368. The van der Waals surface area contributed by atoms with E-state index < -0.39 is 18.0 Å². The number of halogens is 4. The number of carbonyl (C=O) groups is 1. The minimum absolute atomic E-state index is 0.102. The summed E-state index contributed by atoms with van der Waals surface area (Å²) in [6, 6.07) is 5.79. The summed E-state index contributed by atoms with van der Waals surface area (Å²) in [5.74, 6) is -0.0912. The van der Waals surface area contributed by atoms with Crippen LogP contribution in [0.5, 0.6) is 0 Å². The van der Waals surface area contributed by atoms with Crippen molar-refractivity contribution in [3.63, 3.8) is 0 Å². The molecule has 2 atom stereocenters. The number of aryl methyl sites for hydroxylation is 1. The summed E-state index contributed by atoms with van der Waals surface area (Å²) in [6.07, 6.45) is 0.559. The molecule has 1 fully saturated rings. The molecule has 2 aliphatic rings. The van der Waals surface area contributed by atoms with Gasteiger partial charge >= 0.3 is 0 Å². The highest BCUT2D eigenvalue weighted by Gasteiger charge is 2.44. The minimum atomic E-state index is -2.80. The van der Waals surface area contributed by atoms with Gasteiger partial charge in [-0.05, 0) is 35.6 Å². The maximum atomic E-state index is 13.2. The Kier molecular flexibility index (Phi) is 5.00. The first-order valence-electron chi connectivity index (χ1n) is 8.62. The number of nitrogens with zero attached hydrogens (tertiary/aromatic N) is 2. The van der Waals surface area contributed by atoms with Crippen LogP contribution in [-0.4, -0.2) is 20.1 Å². The van der Waals surface area contributed by atoms with Crippen molar-refractivity contribution in [3.8, 4) is 0 Å². The van der Waals surface area contributed by atoms with Crippen molar-refractivity contribution in [3.05, 3.63) is 57.4 Å². The Morgan fingerprint density at radius 1 is 1.41 bits per heavy atom. The predicted octanol–water partition coefficient (Wildman–Crippen LogP) is 5.51. The maximum Gasteiger partial charge on any atom is 0.282 e. The SMILES string of the molecule is Cn1cc(C(=O)Nc2cccc3c2C2CCC3/C2=C(/Cl)CI)c(C(F)F)n1. The molecule has 0 aliphatic heterocycles. The first-order chi connectivity index (χ1) is 12.9. The Hall–Kier alpha value is -1.48. The van der Waals surface area contributed by atoms with Crippen LogP contribution in [0.25, 0.3) is 0 Å². The number of hydrogen-bond donors (Lipinski definition) is 1. The molecule has 2 aliphatic carbocycles. The molecule has 4 nitrogen and oxygen atoms in total. The van der Waals surface area contributed by atoms with E-state index in [0.29, 0.717) is 11.6 Å². The molecule has 142 valence electrons. The second-order valence-corrected chi connectivity index (χ2v) is 8.06. The molecule has 2 bridgehead atoms. The lowest BCUT2D eigenvalue weighted by atomic mass is 9.90. The van der Waals surface area contributed by atoms with Crippen molar-refractivity contribution in [2.75, 3.05) is 9.74 Å². The van der Waals surface area contributed by atoms with Gasteiger partial charge in [-0.2, -0.15) is 5.10 Å². The number of aromatic nitrogens is 2. The summed E-state index contributed by atoms with van der Waals surface area (Å²) < 4.78 is 28.4. The lowest BCUT2D eigenvalue weighted by Gasteiger charge is -2.18. The van der Waals surface area contributed by atoms with E-state index in [2.05, 4.69) is 39.1 Å². The van der Waals surface area contributed by atoms with E-state index >= 15 is 0 Å². The zero-order valence-corrected chi connectivity index (χ0v) is 17.4. The summed E-state index contributed by atoms with van der Waals surface area (Å²) >= 11 is 8.75. The highest BCUT2D eigenvalue weighted by molar-refractivity contribution is 14.1. The van der Waals surface area contributed by atoms with Gasteiger partial charge in [0.1, 0.15) is 5.69 Å². The normalized spacial score (nSPS) is 22.3. The van der Waals surface area contributed by atoms with Crippen LogP contribution < -0.4 is 5.32 Å². The van der Waals surface area contributed by atoms with Crippen LogP contribution in [0, 0.1) is 0 Å². The van der Waals surface area contributed by atoms with Crippen LogP contribution >= 0.6 is 34.2 Å². The number of rotatable bonds is 4. The molecule has 1 aromatic heterocycles. The third-order valence-corrected chi connectivity index (χ3v) is 6.91. The van der Waals surface area contributed by atoms with Gasteiger partial charge in [0.05, 0.1) is 5.56 Å². The molecule has 0 saturated heterocycles. The smallest absolute Gasteiger partial charge is 0.282 e. The number of amides is 1. The molecular formula is C19H17ClF2IN3O. The number of carbonyl (C=O) groups excluding carboxylic acids is 1. The van der Waals surface area contributed by atoms with E-state index in [1.165, 1.54) is 29.1 Å². The van der Waals surface area contributed by atoms with E-state index in [1.807, 2.05) is 12.1 Å². The quantitative estimate of drug-likeness (QED) is 0.442. The molecule has 4 rings (SSSR count). The van der Waals surface area contributed by atoms with E-state index in [0.717, 1.165) is 27.9 Å². The van der Waals surface area contributed by atoms with Crippen LogP contribution in [0.4, 0.5) is 14.5 Å². The molecular weight excluding hydrogens is 487 g/mol. The zero-order chi connectivity index (χ0) is 19.3. The van der Waals surface area contributed by atoms with Gasteiger partial charge in [-0.3, -0.25) is 9.48 Å². The first kappa shape index (κ1) is 18.9. The fourth-order valence-corrected chi connectivity index (χ4v) is 5.09. The topological polar surface area (TPSA) is 46.9 Å². The van der Waals surface area contributed by atoms with Crippen LogP contribution in [0.15, 0.2) is 35.0 Å². The largest absolute Gasteiger partial charge is 0.322 e. The summed E-state index contributed by atoms with van der Waals surface area (Å²) in [5.41, 5.74) is 3.57. The van der Waals surface area contributed by atoms with Crippen molar-refractivity contribution in [2.24, 2.45) is 7.05 Å². The Bertz CT molecular complexity index is 956. The average molecular weight is 504 g/mol. The van der Waals surface area contributed by atoms with Gasteiger partial charge in [0.2, 0.25) is 0 Å².